The first-order chi connectivity index (χ1) is 10.5. The van der Waals surface area contributed by atoms with E-state index in [1.54, 1.807) is 4.68 Å². The van der Waals surface area contributed by atoms with Crippen molar-refractivity contribution < 1.29 is 14.3 Å². The summed E-state index contributed by atoms with van der Waals surface area (Å²) in [5, 5.41) is 4.10. The molecule has 0 unspecified atom stereocenters. The number of carbonyl (C=O) groups excluding carboxylic acids is 2. The Morgan fingerprint density at radius 2 is 2.27 bits per heavy atom. The van der Waals surface area contributed by atoms with Crippen molar-refractivity contribution in [3.63, 3.8) is 0 Å². The molecule has 22 heavy (non-hydrogen) atoms. The third-order valence-electron chi connectivity index (χ3n) is 4.46. The maximum Gasteiger partial charge on any atom is 0.288 e. The van der Waals surface area contributed by atoms with Crippen LogP contribution in [0.2, 0.25) is 0 Å². The van der Waals surface area contributed by atoms with E-state index in [1.165, 1.54) is 6.33 Å². The predicted molar refractivity (Wildman–Crippen MR) is 77.0 cm³/mol. The molecule has 8 heteroatoms. The lowest BCUT2D eigenvalue weighted by atomic mass is 9.98. The summed E-state index contributed by atoms with van der Waals surface area (Å²) < 4.78 is 7.28. The fourth-order valence-electron chi connectivity index (χ4n) is 3.20. The molecule has 0 saturated carbocycles. The minimum Gasteiger partial charge on any atom is -0.365 e. The van der Waals surface area contributed by atoms with E-state index in [1.807, 2.05) is 11.8 Å². The Bertz CT molecular complexity index is 579. The quantitative estimate of drug-likeness (QED) is 0.853. The van der Waals surface area contributed by atoms with Gasteiger partial charge in [0.25, 0.3) is 11.8 Å². The van der Waals surface area contributed by atoms with Crippen molar-refractivity contribution in [1.29, 1.82) is 0 Å². The van der Waals surface area contributed by atoms with Gasteiger partial charge >= 0.3 is 0 Å². The van der Waals surface area contributed by atoms with Gasteiger partial charge in [-0.3, -0.25) is 9.59 Å². The minimum absolute atomic E-state index is 0.00883. The van der Waals surface area contributed by atoms with Crippen LogP contribution >= 0.6 is 0 Å². The zero-order valence-corrected chi connectivity index (χ0v) is 12.7. The molecular formula is C14H21N5O3. The number of hydrogen-bond donors (Lipinski definition) is 1. The topological polar surface area (TPSA) is 103 Å². The molecule has 2 fully saturated rings. The number of aromatic nitrogens is 3. The minimum atomic E-state index is -0.692. The van der Waals surface area contributed by atoms with Gasteiger partial charge in [-0.15, -0.1) is 5.10 Å². The average molecular weight is 307 g/mol. The molecule has 2 aliphatic heterocycles. The largest absolute Gasteiger partial charge is 0.365 e. The van der Waals surface area contributed by atoms with Crippen LogP contribution in [0.5, 0.6) is 0 Å². The van der Waals surface area contributed by atoms with E-state index in [2.05, 4.69) is 10.1 Å². The molecule has 0 aromatic carbocycles. The van der Waals surface area contributed by atoms with E-state index in [9.17, 15) is 9.59 Å². The molecule has 1 aromatic rings. The van der Waals surface area contributed by atoms with Gasteiger partial charge in [0, 0.05) is 19.7 Å². The van der Waals surface area contributed by atoms with Crippen LogP contribution in [0.25, 0.3) is 0 Å². The first kappa shape index (κ1) is 15.0. The normalized spacial score (nSPS) is 28.8. The second-order valence-corrected chi connectivity index (χ2v) is 6.14. The molecule has 0 bridgehead atoms. The highest BCUT2D eigenvalue weighted by molar-refractivity contribution is 5.88. The lowest BCUT2D eigenvalue weighted by Gasteiger charge is -2.37. The van der Waals surface area contributed by atoms with E-state index in [0.717, 1.165) is 32.2 Å². The summed E-state index contributed by atoms with van der Waals surface area (Å²) in [4.78, 5) is 29.5. The lowest BCUT2D eigenvalue weighted by molar-refractivity contribution is -0.152. The van der Waals surface area contributed by atoms with Crippen molar-refractivity contribution in [3.05, 3.63) is 12.2 Å². The van der Waals surface area contributed by atoms with Gasteiger partial charge in [-0.25, -0.2) is 9.67 Å². The van der Waals surface area contributed by atoms with Gasteiger partial charge in [0.15, 0.2) is 0 Å². The zero-order chi connectivity index (χ0) is 15.7. The van der Waals surface area contributed by atoms with Crippen LogP contribution in [-0.4, -0.2) is 56.8 Å². The van der Waals surface area contributed by atoms with Crippen molar-refractivity contribution in [1.82, 2.24) is 19.7 Å². The number of nitrogens with zero attached hydrogens (tertiary/aromatic N) is 4. The number of likely N-dealkylation sites (tertiary alicyclic amines) is 1. The molecule has 2 aliphatic rings. The summed E-state index contributed by atoms with van der Waals surface area (Å²) in [5.74, 6) is -0.589. The summed E-state index contributed by atoms with van der Waals surface area (Å²) in [5.41, 5.74) is 4.48. The van der Waals surface area contributed by atoms with Crippen LogP contribution in [0.1, 0.15) is 49.3 Å². The summed E-state index contributed by atoms with van der Waals surface area (Å²) in [7, 11) is 0. The van der Waals surface area contributed by atoms with Gasteiger partial charge in [-0.05, 0) is 32.6 Å². The van der Waals surface area contributed by atoms with Gasteiger partial charge < -0.3 is 15.4 Å². The van der Waals surface area contributed by atoms with Gasteiger partial charge in [0.05, 0.1) is 6.04 Å². The van der Waals surface area contributed by atoms with Gasteiger partial charge in [0.2, 0.25) is 5.82 Å². The highest BCUT2D eigenvalue weighted by atomic mass is 16.5. The Morgan fingerprint density at radius 3 is 2.91 bits per heavy atom. The van der Waals surface area contributed by atoms with Crippen molar-refractivity contribution in [2.75, 3.05) is 19.7 Å². The van der Waals surface area contributed by atoms with Crippen LogP contribution in [0, 0.1) is 0 Å². The molecule has 2 amide bonds. The number of ether oxygens (including phenoxy) is 1. The molecule has 8 nitrogen and oxygen atoms in total. The smallest absolute Gasteiger partial charge is 0.288 e. The fraction of sp³-hybridized carbons (Fsp3) is 0.714. The Morgan fingerprint density at radius 1 is 1.45 bits per heavy atom. The maximum atomic E-state index is 12.7. The number of nitrogens with two attached hydrogens (primary N) is 1. The van der Waals surface area contributed by atoms with E-state index < -0.39 is 11.5 Å². The molecule has 1 aromatic heterocycles. The second kappa shape index (κ2) is 5.68. The van der Waals surface area contributed by atoms with E-state index in [-0.39, 0.29) is 17.8 Å². The van der Waals surface area contributed by atoms with Crippen LogP contribution in [-0.2, 0) is 9.53 Å². The number of hydrogen-bond acceptors (Lipinski definition) is 5. The summed E-state index contributed by atoms with van der Waals surface area (Å²) >= 11 is 0. The van der Waals surface area contributed by atoms with Crippen LogP contribution in [0.3, 0.4) is 0 Å². The molecule has 2 saturated heterocycles. The average Bonchev–Trinajstić information content (AvgIpc) is 3.16. The summed E-state index contributed by atoms with van der Waals surface area (Å²) in [6, 6.07) is 0.0169. The molecule has 120 valence electrons. The third kappa shape index (κ3) is 2.70. The predicted octanol–water partition coefficient (Wildman–Crippen LogP) is 0.110. The van der Waals surface area contributed by atoms with Crippen LogP contribution in [0.4, 0.5) is 0 Å². The third-order valence-corrected chi connectivity index (χ3v) is 4.46. The number of amides is 2. The Hall–Kier alpha value is -1.96. The van der Waals surface area contributed by atoms with Crippen molar-refractivity contribution >= 4 is 11.8 Å². The van der Waals surface area contributed by atoms with Crippen LogP contribution in [0.15, 0.2) is 6.33 Å². The number of primary amides is 1. The monoisotopic (exact) mass is 307 g/mol. The molecule has 0 aliphatic carbocycles. The standard InChI is InChI=1S/C14H21N5O3/c1-14(5-3-7-22-14)13(21)18-6-2-4-10(8-18)19-9-16-12(17-19)11(15)20/h9-10H,2-8H2,1H3,(H2,15,20)/t10-,14+/m0/s1. The fourth-order valence-corrected chi connectivity index (χ4v) is 3.20. The van der Waals surface area contributed by atoms with E-state index in [0.29, 0.717) is 13.2 Å². The van der Waals surface area contributed by atoms with Gasteiger partial charge in [0.1, 0.15) is 11.9 Å². The van der Waals surface area contributed by atoms with Crippen molar-refractivity contribution in [2.24, 2.45) is 5.73 Å². The lowest BCUT2D eigenvalue weighted by Crippen LogP contribution is -2.50. The van der Waals surface area contributed by atoms with E-state index >= 15 is 0 Å². The molecule has 0 radical (unpaired) electrons. The molecule has 2 N–H and O–H groups in total. The van der Waals surface area contributed by atoms with Crippen LogP contribution < -0.4 is 5.73 Å². The number of piperidine rings is 1. The van der Waals surface area contributed by atoms with Gasteiger partial charge in [-0.1, -0.05) is 0 Å². The maximum absolute atomic E-state index is 12.7. The second-order valence-electron chi connectivity index (χ2n) is 6.14. The van der Waals surface area contributed by atoms with Crippen molar-refractivity contribution in [2.45, 2.75) is 44.2 Å². The Labute approximate surface area is 128 Å². The Balaban J connectivity index is 1.71. The molecule has 3 heterocycles. The SMILES string of the molecule is C[C@]1(C(=O)N2CCC[C@H](n3cnc(C(N)=O)n3)C2)CCCO1. The first-order valence-electron chi connectivity index (χ1n) is 7.64. The highest BCUT2D eigenvalue weighted by Gasteiger charge is 2.42. The van der Waals surface area contributed by atoms with Gasteiger partial charge in [-0.2, -0.15) is 0 Å². The molecule has 0 spiro atoms. The summed E-state index contributed by atoms with van der Waals surface area (Å²) in [6.07, 6.45) is 4.97. The summed E-state index contributed by atoms with van der Waals surface area (Å²) in [6.45, 7) is 3.79. The highest BCUT2D eigenvalue weighted by Crippen LogP contribution is 2.30. The molecule has 2 atom stereocenters. The number of carbonyl (C=O) groups is 2. The Kier molecular flexibility index (Phi) is 3.86. The van der Waals surface area contributed by atoms with E-state index in [4.69, 9.17) is 10.5 Å². The van der Waals surface area contributed by atoms with Crippen molar-refractivity contribution in [3.8, 4) is 0 Å². The molecular weight excluding hydrogens is 286 g/mol. The number of rotatable bonds is 3. The zero-order valence-electron chi connectivity index (χ0n) is 12.7. The molecule has 3 rings (SSSR count). The first-order valence-corrected chi connectivity index (χ1v) is 7.64.